The molecule has 0 aromatic carbocycles. The van der Waals surface area contributed by atoms with Crippen LogP contribution < -0.4 is 0 Å². The van der Waals surface area contributed by atoms with Crippen molar-refractivity contribution in [2.75, 3.05) is 5.88 Å². The van der Waals surface area contributed by atoms with Crippen molar-refractivity contribution < 1.29 is 9.90 Å². The first-order chi connectivity index (χ1) is 2.27. The van der Waals surface area contributed by atoms with E-state index in [1.807, 2.05) is 0 Å². The number of hydrogen-bond donors (Lipinski definition) is 1. The second-order valence-electron chi connectivity index (χ2n) is 0.527. The minimum atomic E-state index is -0.980. The number of carbonyl (C=O) groups is 1. The van der Waals surface area contributed by atoms with Crippen molar-refractivity contribution >= 4 is 17.6 Å². The molecule has 2 nitrogen and oxygen atoms in total. The maximum atomic E-state index is 9.24. The van der Waals surface area contributed by atoms with Crippen molar-refractivity contribution in [3.8, 4) is 0 Å². The third-order valence-electron chi connectivity index (χ3n) is 0.114. The van der Waals surface area contributed by atoms with E-state index in [0.717, 1.165) is 0 Å². The third kappa shape index (κ3) is 3.76. The zero-order valence-electron chi connectivity index (χ0n) is 2.44. The lowest BCUT2D eigenvalue weighted by Crippen LogP contribution is -1.92. The normalized spacial score (nSPS) is 7.40. The minimum Gasteiger partial charge on any atom is -0.480 e. The SMILES string of the molecule is O=[14C](O)CCl. The molecule has 0 rings (SSSR count). The molecule has 0 aromatic heterocycles. The van der Waals surface area contributed by atoms with Gasteiger partial charge in [-0.15, -0.1) is 11.6 Å². The molecule has 0 amide bonds. The number of rotatable bonds is 1. The second kappa shape index (κ2) is 2.03. The van der Waals surface area contributed by atoms with E-state index in [4.69, 9.17) is 16.7 Å². The summed E-state index contributed by atoms with van der Waals surface area (Å²) in [6, 6.07) is 0. The van der Waals surface area contributed by atoms with Crippen LogP contribution in [0.25, 0.3) is 0 Å². The van der Waals surface area contributed by atoms with Crippen molar-refractivity contribution in [1.29, 1.82) is 0 Å². The van der Waals surface area contributed by atoms with Gasteiger partial charge in [-0.2, -0.15) is 0 Å². The average Bonchev–Trinajstić information content (AvgIpc) is 1.38. The van der Waals surface area contributed by atoms with Gasteiger partial charge in [-0.3, -0.25) is 4.79 Å². The Labute approximate surface area is 34.4 Å². The quantitative estimate of drug-likeness (QED) is 0.477. The zero-order chi connectivity index (χ0) is 4.28. The maximum Gasteiger partial charge on any atom is 0.318 e. The van der Waals surface area contributed by atoms with E-state index in [2.05, 4.69) is 0 Å². The zero-order valence-corrected chi connectivity index (χ0v) is 3.20. The van der Waals surface area contributed by atoms with Crippen molar-refractivity contribution in [1.82, 2.24) is 0 Å². The van der Waals surface area contributed by atoms with Crippen molar-refractivity contribution in [2.45, 2.75) is 0 Å². The van der Waals surface area contributed by atoms with E-state index < -0.39 is 5.97 Å². The first kappa shape index (κ1) is 4.76. The summed E-state index contributed by atoms with van der Waals surface area (Å²) in [5, 5.41) is 7.59. The van der Waals surface area contributed by atoms with E-state index in [9.17, 15) is 4.79 Å². The molecule has 0 aliphatic heterocycles. The molecule has 0 bridgehead atoms. The van der Waals surface area contributed by atoms with Gasteiger partial charge in [0.2, 0.25) is 0 Å². The van der Waals surface area contributed by atoms with Crippen molar-refractivity contribution in [2.24, 2.45) is 0 Å². The lowest BCUT2D eigenvalue weighted by Gasteiger charge is -1.69. The standard InChI is InChI=1S/C2H3ClO2/c3-1-2(4)5/h1H2,(H,4,5)/i2+2. The number of aliphatic carboxylic acids is 1. The van der Waals surface area contributed by atoms with Gasteiger partial charge < -0.3 is 5.11 Å². The van der Waals surface area contributed by atoms with Gasteiger partial charge in [0.1, 0.15) is 5.88 Å². The van der Waals surface area contributed by atoms with Gasteiger partial charge in [-0.25, -0.2) is 0 Å². The Morgan fingerprint density at radius 3 is 2.20 bits per heavy atom. The summed E-state index contributed by atoms with van der Waals surface area (Å²) in [5.74, 6) is -1.29. The van der Waals surface area contributed by atoms with Gasteiger partial charge >= 0.3 is 5.97 Å². The molecule has 0 unspecified atom stereocenters. The minimum absolute atomic E-state index is 0.306. The Kier molecular flexibility index (Phi) is 1.93. The van der Waals surface area contributed by atoms with Crippen LogP contribution in [0.15, 0.2) is 0 Å². The predicted octanol–water partition coefficient (Wildman–Crippen LogP) is 0.310. The van der Waals surface area contributed by atoms with Gasteiger partial charge in [0, 0.05) is 0 Å². The van der Waals surface area contributed by atoms with Gasteiger partial charge in [-0.05, 0) is 0 Å². The van der Waals surface area contributed by atoms with Crippen LogP contribution in [-0.4, -0.2) is 17.0 Å². The smallest absolute Gasteiger partial charge is 0.318 e. The topological polar surface area (TPSA) is 37.3 Å². The van der Waals surface area contributed by atoms with E-state index in [1.165, 1.54) is 0 Å². The van der Waals surface area contributed by atoms with Crippen LogP contribution in [0.4, 0.5) is 0 Å². The first-order valence-corrected chi connectivity index (χ1v) is 1.58. The van der Waals surface area contributed by atoms with Crippen molar-refractivity contribution in [3.63, 3.8) is 0 Å². The Morgan fingerprint density at radius 2 is 2.20 bits per heavy atom. The van der Waals surface area contributed by atoms with Gasteiger partial charge in [0.25, 0.3) is 0 Å². The lowest BCUT2D eigenvalue weighted by molar-refractivity contribution is -0.134. The fourth-order valence-electron chi connectivity index (χ4n) is 0. The van der Waals surface area contributed by atoms with Gasteiger partial charge in [-0.1, -0.05) is 0 Å². The lowest BCUT2D eigenvalue weighted by atomic mass is 11.5. The molecule has 0 aromatic rings. The molecule has 0 saturated carbocycles. The Hall–Kier alpha value is -0.240. The highest BCUT2D eigenvalue weighted by Crippen LogP contribution is 1.67. The number of halogens is 1. The second-order valence-corrected chi connectivity index (χ2v) is 0.795. The number of carboxylic acids is 1. The van der Waals surface area contributed by atoms with Crippen LogP contribution in [-0.2, 0) is 4.79 Å². The molecule has 3 heteroatoms. The summed E-state index contributed by atoms with van der Waals surface area (Å²) in [6.07, 6.45) is 0. The van der Waals surface area contributed by atoms with Crippen LogP contribution in [0, 0.1) is 0 Å². The summed E-state index contributed by atoms with van der Waals surface area (Å²) in [5.41, 5.74) is 0. The molecule has 5 heavy (non-hydrogen) atoms. The third-order valence-corrected chi connectivity index (χ3v) is 0.343. The summed E-state index contributed by atoms with van der Waals surface area (Å²) in [6.45, 7) is 0. The first-order valence-electron chi connectivity index (χ1n) is 1.05. The van der Waals surface area contributed by atoms with Crippen molar-refractivity contribution in [3.05, 3.63) is 0 Å². The Bertz CT molecular complexity index is 42.9. The maximum absolute atomic E-state index is 9.24. The largest absolute Gasteiger partial charge is 0.480 e. The molecule has 0 atom stereocenters. The van der Waals surface area contributed by atoms with E-state index in [1.54, 1.807) is 0 Å². The highest BCUT2D eigenvalue weighted by molar-refractivity contribution is 6.26. The number of carboxylic acid groups (broad SMARTS) is 1. The van der Waals surface area contributed by atoms with Crippen LogP contribution in [0.1, 0.15) is 0 Å². The summed E-state index contributed by atoms with van der Waals surface area (Å²) >= 11 is 4.74. The summed E-state index contributed by atoms with van der Waals surface area (Å²) in [4.78, 5) is 9.24. The van der Waals surface area contributed by atoms with Crippen LogP contribution in [0.5, 0.6) is 0 Å². The Balaban J connectivity index is 2.85. The van der Waals surface area contributed by atoms with E-state index >= 15 is 0 Å². The molecule has 1 N–H and O–H groups in total. The molecular weight excluding hydrogens is 93.5 g/mol. The monoisotopic (exact) mass is 96.0 g/mol. The molecule has 0 spiro atoms. The molecule has 0 heterocycles. The molecule has 0 aliphatic carbocycles. The fourth-order valence-corrected chi connectivity index (χ4v) is 0. The summed E-state index contributed by atoms with van der Waals surface area (Å²) < 4.78 is 0. The summed E-state index contributed by atoms with van der Waals surface area (Å²) in [7, 11) is 0. The highest BCUT2D eigenvalue weighted by atomic mass is 35.5. The molecule has 30 valence electrons. The molecule has 0 fully saturated rings. The van der Waals surface area contributed by atoms with Crippen LogP contribution >= 0.6 is 11.6 Å². The average molecular weight is 96.5 g/mol. The number of hydrogen-bond acceptors (Lipinski definition) is 1. The van der Waals surface area contributed by atoms with E-state index in [0.29, 0.717) is 0 Å². The molecule has 0 aliphatic rings. The van der Waals surface area contributed by atoms with E-state index in [-0.39, 0.29) is 5.88 Å². The number of alkyl halides is 1. The molecule has 0 saturated heterocycles. The molecular formula is C2H3ClO2. The Morgan fingerprint density at radius 1 is 2.00 bits per heavy atom. The van der Waals surface area contributed by atoms with Gasteiger partial charge in [0.05, 0.1) is 0 Å². The highest BCUT2D eigenvalue weighted by Gasteiger charge is 1.83. The molecule has 0 radical (unpaired) electrons. The predicted molar refractivity (Wildman–Crippen MR) is 18.4 cm³/mol. The van der Waals surface area contributed by atoms with Gasteiger partial charge in [0.15, 0.2) is 0 Å². The van der Waals surface area contributed by atoms with Crippen LogP contribution in [0.3, 0.4) is 0 Å². The van der Waals surface area contributed by atoms with Crippen LogP contribution in [0.2, 0.25) is 0 Å². The fraction of sp³-hybridized carbons (Fsp3) is 0.500.